The predicted molar refractivity (Wildman–Crippen MR) is 43.7 cm³/mol. The molecule has 16 heavy (non-hydrogen) atoms. The molecule has 86 valence electrons. The number of amides is 1. The zero-order valence-corrected chi connectivity index (χ0v) is 8.09. The molecule has 0 atom stereocenters. The highest BCUT2D eigenvalue weighted by Crippen LogP contribution is 2.20. The van der Waals surface area contributed by atoms with Crippen molar-refractivity contribution >= 4 is 16.6 Å². The molecule has 0 aliphatic rings. The van der Waals surface area contributed by atoms with Crippen LogP contribution in [0.2, 0.25) is 0 Å². The summed E-state index contributed by atoms with van der Waals surface area (Å²) in [5, 5.41) is 0. The Morgan fingerprint density at radius 2 is 1.69 bits per heavy atom. The molecular formula is C7H2F3NO4S. The van der Waals surface area contributed by atoms with Gasteiger partial charge in [0.15, 0.2) is 23.2 Å². The van der Waals surface area contributed by atoms with Crippen LogP contribution in [0.3, 0.4) is 0 Å². The molecule has 0 bridgehead atoms. The molecular weight excluding hydrogens is 251 g/mol. The molecule has 1 rings (SSSR count). The molecule has 9 heteroatoms. The van der Waals surface area contributed by atoms with E-state index in [2.05, 4.69) is 9.10 Å². The second-order valence-corrected chi connectivity index (χ2v) is 2.99. The third-order valence-electron chi connectivity index (χ3n) is 1.32. The maximum absolute atomic E-state index is 12.8. The number of hydrogen-bond donors (Lipinski definition) is 0. The van der Waals surface area contributed by atoms with Gasteiger partial charge in [-0.05, 0) is 0 Å². The molecule has 1 amide bonds. The van der Waals surface area contributed by atoms with Crippen molar-refractivity contribution in [3.05, 3.63) is 29.6 Å². The minimum absolute atomic E-state index is 0.145. The van der Waals surface area contributed by atoms with Gasteiger partial charge in [0.05, 0.1) is 0 Å². The number of carbonyl (C=O) groups excluding carboxylic acids is 1. The van der Waals surface area contributed by atoms with Crippen molar-refractivity contribution < 1.29 is 31.1 Å². The maximum atomic E-state index is 12.8. The first-order valence-corrected chi connectivity index (χ1v) is 4.61. The Morgan fingerprint density at radius 1 is 1.12 bits per heavy atom. The molecule has 0 spiro atoms. The van der Waals surface area contributed by atoms with Crippen molar-refractivity contribution in [1.29, 1.82) is 0 Å². The van der Waals surface area contributed by atoms with Gasteiger partial charge in [-0.15, -0.1) is 0 Å². The highest BCUT2D eigenvalue weighted by Gasteiger charge is 2.14. The lowest BCUT2D eigenvalue weighted by Crippen LogP contribution is -2.04. The maximum Gasteiger partial charge on any atom is 0.454 e. The molecule has 0 saturated heterocycles. The van der Waals surface area contributed by atoms with Gasteiger partial charge in [0, 0.05) is 12.1 Å². The zero-order chi connectivity index (χ0) is 12.3. The Hall–Kier alpha value is -1.90. The van der Waals surface area contributed by atoms with Crippen LogP contribution in [0, 0.1) is 17.5 Å². The number of halogens is 3. The molecule has 1 aromatic rings. The van der Waals surface area contributed by atoms with Gasteiger partial charge in [0.25, 0.3) is 0 Å². The second-order valence-electron chi connectivity index (χ2n) is 2.37. The Balaban J connectivity index is 3.03. The van der Waals surface area contributed by atoms with E-state index in [0.717, 1.165) is 0 Å². The predicted octanol–water partition coefficient (Wildman–Crippen LogP) is 1.67. The third-order valence-corrected chi connectivity index (χ3v) is 1.62. The highest BCUT2D eigenvalue weighted by molar-refractivity contribution is 7.62. The summed E-state index contributed by atoms with van der Waals surface area (Å²) in [4.78, 5) is 10.6. The van der Waals surface area contributed by atoms with Crippen LogP contribution >= 0.6 is 0 Å². The van der Waals surface area contributed by atoms with E-state index in [1.165, 1.54) is 0 Å². The van der Waals surface area contributed by atoms with E-state index in [-0.39, 0.29) is 12.1 Å². The minimum atomic E-state index is -3.08. The Morgan fingerprint density at radius 3 is 2.25 bits per heavy atom. The molecule has 5 nitrogen and oxygen atoms in total. The van der Waals surface area contributed by atoms with E-state index in [1.807, 2.05) is 0 Å². The first kappa shape index (κ1) is 12.2. The van der Waals surface area contributed by atoms with Crippen molar-refractivity contribution in [2.24, 2.45) is 4.36 Å². The monoisotopic (exact) mass is 253 g/mol. The van der Waals surface area contributed by atoms with Gasteiger partial charge in [-0.3, -0.25) is 0 Å². The van der Waals surface area contributed by atoms with Crippen molar-refractivity contribution in [1.82, 2.24) is 0 Å². The third kappa shape index (κ3) is 3.05. The lowest BCUT2D eigenvalue weighted by molar-refractivity contribution is 0.209. The smallest absolute Gasteiger partial charge is 0.405 e. The van der Waals surface area contributed by atoms with Gasteiger partial charge in [-0.2, -0.15) is 8.42 Å². The normalized spacial score (nSPS) is 9.69. The van der Waals surface area contributed by atoms with E-state index in [1.54, 1.807) is 0 Å². The number of hydrogen-bond acceptors (Lipinski definition) is 4. The van der Waals surface area contributed by atoms with E-state index < -0.39 is 39.8 Å². The first-order chi connectivity index (χ1) is 7.40. The van der Waals surface area contributed by atoms with Gasteiger partial charge >= 0.3 is 16.6 Å². The molecule has 0 heterocycles. The van der Waals surface area contributed by atoms with E-state index in [4.69, 9.17) is 0 Å². The summed E-state index contributed by atoms with van der Waals surface area (Å²) in [5.41, 5.74) is 0. The number of carbonyl (C=O) groups is 1. The summed E-state index contributed by atoms with van der Waals surface area (Å²) in [5.74, 6) is -5.24. The number of ether oxygens (including phenoxy) is 1. The van der Waals surface area contributed by atoms with Crippen LogP contribution in [0.1, 0.15) is 0 Å². The molecule has 0 N–H and O–H groups in total. The Labute approximate surface area is 88.2 Å². The zero-order valence-electron chi connectivity index (χ0n) is 7.28. The van der Waals surface area contributed by atoms with Gasteiger partial charge in [0.1, 0.15) is 0 Å². The highest BCUT2D eigenvalue weighted by atomic mass is 32.2. The van der Waals surface area contributed by atoms with Crippen molar-refractivity contribution in [2.45, 2.75) is 0 Å². The van der Waals surface area contributed by atoms with Gasteiger partial charge in [-0.25, -0.2) is 18.0 Å². The van der Waals surface area contributed by atoms with Crippen molar-refractivity contribution in [3.8, 4) is 5.75 Å². The van der Waals surface area contributed by atoms with Crippen LogP contribution in [-0.4, -0.2) is 14.5 Å². The van der Waals surface area contributed by atoms with Gasteiger partial charge in [-0.1, -0.05) is 4.36 Å². The minimum Gasteiger partial charge on any atom is -0.405 e. The van der Waals surface area contributed by atoms with Crippen molar-refractivity contribution in [2.75, 3.05) is 0 Å². The number of nitrogens with zero attached hydrogens (tertiary/aromatic N) is 1. The molecule has 0 aliphatic heterocycles. The second kappa shape index (κ2) is 4.75. The van der Waals surface area contributed by atoms with Crippen LogP contribution in [0.4, 0.5) is 18.0 Å². The summed E-state index contributed by atoms with van der Waals surface area (Å²) in [7, 11) is -3.08. The summed E-state index contributed by atoms with van der Waals surface area (Å²) >= 11 is 0. The summed E-state index contributed by atoms with van der Waals surface area (Å²) in [6.45, 7) is 0. The van der Waals surface area contributed by atoms with Crippen LogP contribution in [0.15, 0.2) is 16.5 Å². The van der Waals surface area contributed by atoms with Crippen LogP contribution in [0.5, 0.6) is 5.75 Å². The van der Waals surface area contributed by atoms with Crippen molar-refractivity contribution in [3.63, 3.8) is 0 Å². The summed E-state index contributed by atoms with van der Waals surface area (Å²) in [6.07, 6.45) is -1.67. The van der Waals surface area contributed by atoms with Crippen LogP contribution in [0.25, 0.3) is 0 Å². The molecule has 0 aliphatic carbocycles. The largest absolute Gasteiger partial charge is 0.454 e. The van der Waals surface area contributed by atoms with E-state index in [0.29, 0.717) is 0 Å². The SMILES string of the molecule is O=C(N=S(=O)=O)Oc1cc(F)c(F)cc1F. The average Bonchev–Trinajstić information content (AvgIpc) is 2.12. The van der Waals surface area contributed by atoms with E-state index >= 15 is 0 Å². The summed E-state index contributed by atoms with van der Waals surface area (Å²) < 4.78 is 64.0. The summed E-state index contributed by atoms with van der Waals surface area (Å²) in [6, 6.07) is 0.401. The average molecular weight is 253 g/mol. The fourth-order valence-electron chi connectivity index (χ4n) is 0.756. The van der Waals surface area contributed by atoms with Gasteiger partial charge < -0.3 is 4.74 Å². The van der Waals surface area contributed by atoms with E-state index in [9.17, 15) is 26.4 Å². The van der Waals surface area contributed by atoms with Crippen LogP contribution < -0.4 is 4.74 Å². The Kier molecular flexibility index (Phi) is 3.61. The topological polar surface area (TPSA) is 72.8 Å². The lowest BCUT2D eigenvalue weighted by atomic mass is 10.3. The number of rotatable bonds is 1. The molecule has 0 aromatic heterocycles. The van der Waals surface area contributed by atoms with Gasteiger partial charge in [0.2, 0.25) is 0 Å². The molecule has 0 radical (unpaired) electrons. The molecule has 1 aromatic carbocycles. The van der Waals surface area contributed by atoms with Crippen LogP contribution in [-0.2, 0) is 10.5 Å². The number of benzene rings is 1. The quantitative estimate of drug-likeness (QED) is 0.713. The fourth-order valence-corrected chi connectivity index (χ4v) is 0.915. The molecule has 0 unspecified atom stereocenters. The molecule has 0 fully saturated rings. The molecule has 0 saturated carbocycles. The standard InChI is InChI=1S/C7H2F3NO4S/c8-3-1-5(10)6(2-4(3)9)15-7(12)11-16(13)14/h1-2H. The lowest BCUT2D eigenvalue weighted by Gasteiger charge is -2.01. The Bertz CT molecular complexity index is 561. The fraction of sp³-hybridized carbons (Fsp3) is 0. The first-order valence-electron chi connectivity index (χ1n) is 3.57.